The Labute approximate surface area is 175 Å². The van der Waals surface area contributed by atoms with E-state index in [1.54, 1.807) is 13.2 Å². The molecule has 0 atom stereocenters. The number of benzene rings is 2. The molecular formula is C22H24N4O2S. The molecule has 0 radical (unpaired) electrons. The lowest BCUT2D eigenvalue weighted by Crippen LogP contribution is -2.15. The van der Waals surface area contributed by atoms with Gasteiger partial charge in [0.1, 0.15) is 11.6 Å². The van der Waals surface area contributed by atoms with Crippen LogP contribution in [0.4, 0.5) is 5.69 Å². The van der Waals surface area contributed by atoms with E-state index in [0.717, 1.165) is 28.4 Å². The molecule has 1 heterocycles. The molecular weight excluding hydrogens is 384 g/mol. The van der Waals surface area contributed by atoms with Crippen LogP contribution in [0.25, 0.3) is 0 Å². The molecule has 0 aliphatic rings. The third-order valence-corrected chi connectivity index (χ3v) is 5.23. The summed E-state index contributed by atoms with van der Waals surface area (Å²) in [4.78, 5) is 12.3. The second-order valence-corrected chi connectivity index (χ2v) is 7.47. The van der Waals surface area contributed by atoms with E-state index in [0.29, 0.717) is 18.1 Å². The molecule has 0 aliphatic carbocycles. The zero-order chi connectivity index (χ0) is 20.6. The number of nitrogens with zero attached hydrogens (tertiary/aromatic N) is 3. The van der Waals surface area contributed by atoms with Gasteiger partial charge in [-0.2, -0.15) is 0 Å². The number of hydrogen-bond acceptors (Lipinski definition) is 5. The van der Waals surface area contributed by atoms with Crippen molar-refractivity contribution < 1.29 is 9.53 Å². The summed E-state index contributed by atoms with van der Waals surface area (Å²) in [5.74, 6) is 1.82. The van der Waals surface area contributed by atoms with Gasteiger partial charge >= 0.3 is 0 Å². The summed E-state index contributed by atoms with van der Waals surface area (Å²) in [6.45, 7) is 6.40. The summed E-state index contributed by atoms with van der Waals surface area (Å²) in [6.07, 6.45) is 2.44. The van der Waals surface area contributed by atoms with Crippen molar-refractivity contribution in [3.63, 3.8) is 0 Å². The maximum atomic E-state index is 12.3. The van der Waals surface area contributed by atoms with Gasteiger partial charge in [0.2, 0.25) is 5.91 Å². The smallest absolute Gasteiger partial charge is 0.234 e. The monoisotopic (exact) mass is 408 g/mol. The van der Waals surface area contributed by atoms with Crippen LogP contribution in [0.1, 0.15) is 17.0 Å². The summed E-state index contributed by atoms with van der Waals surface area (Å²) < 4.78 is 7.19. The van der Waals surface area contributed by atoms with Crippen LogP contribution in [-0.2, 0) is 17.8 Å². The van der Waals surface area contributed by atoms with Crippen LogP contribution in [0.5, 0.6) is 5.75 Å². The molecule has 7 heteroatoms. The minimum atomic E-state index is -0.0783. The molecule has 1 N–H and O–H groups in total. The quantitative estimate of drug-likeness (QED) is 0.426. The molecule has 150 valence electrons. The number of thioether (sulfide) groups is 1. The van der Waals surface area contributed by atoms with E-state index in [9.17, 15) is 4.79 Å². The number of rotatable bonds is 9. The van der Waals surface area contributed by atoms with Gasteiger partial charge < -0.3 is 14.6 Å². The first kappa shape index (κ1) is 20.7. The van der Waals surface area contributed by atoms with Crippen molar-refractivity contribution in [3.05, 3.63) is 78.1 Å². The number of hydrogen-bond donors (Lipinski definition) is 1. The predicted molar refractivity (Wildman–Crippen MR) is 117 cm³/mol. The topological polar surface area (TPSA) is 69.0 Å². The zero-order valence-electron chi connectivity index (χ0n) is 16.6. The molecule has 3 aromatic rings. The van der Waals surface area contributed by atoms with Crippen molar-refractivity contribution >= 4 is 23.4 Å². The molecule has 2 aromatic carbocycles. The first-order chi connectivity index (χ1) is 14.1. The number of carbonyl (C=O) groups is 1. The zero-order valence-corrected chi connectivity index (χ0v) is 17.4. The molecule has 0 aliphatic heterocycles. The van der Waals surface area contributed by atoms with Gasteiger partial charge in [0.25, 0.3) is 0 Å². The molecule has 0 saturated heterocycles. The number of anilines is 1. The molecule has 1 amide bonds. The molecule has 0 fully saturated rings. The highest BCUT2D eigenvalue weighted by molar-refractivity contribution is 7.99. The predicted octanol–water partition coefficient (Wildman–Crippen LogP) is 4.10. The Morgan fingerprint density at radius 2 is 2.03 bits per heavy atom. The Kier molecular flexibility index (Phi) is 7.08. The Balaban J connectivity index is 1.65. The highest BCUT2D eigenvalue weighted by atomic mass is 32.2. The number of allylic oxidation sites excluding steroid dienone is 1. The molecule has 1 aromatic heterocycles. The second kappa shape index (κ2) is 9.93. The molecule has 3 rings (SSSR count). The van der Waals surface area contributed by atoms with Crippen LogP contribution in [0, 0.1) is 6.92 Å². The van der Waals surface area contributed by atoms with Crippen LogP contribution in [0.2, 0.25) is 0 Å². The van der Waals surface area contributed by atoms with Gasteiger partial charge in [-0.05, 0) is 42.3 Å². The fourth-order valence-electron chi connectivity index (χ4n) is 2.84. The molecule has 0 saturated carbocycles. The summed E-state index contributed by atoms with van der Waals surface area (Å²) in [5, 5.41) is 12.2. The average molecular weight is 409 g/mol. The number of carbonyl (C=O) groups excluding carboxylic acids is 1. The normalized spacial score (nSPS) is 10.6. The summed E-state index contributed by atoms with van der Waals surface area (Å²) in [6, 6.07) is 15.6. The summed E-state index contributed by atoms with van der Waals surface area (Å²) in [7, 11) is 1.65. The number of amides is 1. The van der Waals surface area contributed by atoms with Gasteiger partial charge in [-0.25, -0.2) is 0 Å². The second-order valence-electron chi connectivity index (χ2n) is 6.53. The van der Waals surface area contributed by atoms with Crippen LogP contribution < -0.4 is 10.1 Å². The maximum absolute atomic E-state index is 12.3. The van der Waals surface area contributed by atoms with Gasteiger partial charge in [-0.3, -0.25) is 4.79 Å². The minimum Gasteiger partial charge on any atom is -0.497 e. The van der Waals surface area contributed by atoms with E-state index in [2.05, 4.69) is 22.1 Å². The Bertz CT molecular complexity index is 983. The first-order valence-corrected chi connectivity index (χ1v) is 10.2. The maximum Gasteiger partial charge on any atom is 0.234 e. The van der Waals surface area contributed by atoms with Crippen molar-refractivity contribution in [3.8, 4) is 5.75 Å². The fourth-order valence-corrected chi connectivity index (χ4v) is 3.61. The van der Waals surface area contributed by atoms with Crippen molar-refractivity contribution in [2.45, 2.75) is 25.0 Å². The van der Waals surface area contributed by atoms with E-state index >= 15 is 0 Å². The first-order valence-electron chi connectivity index (χ1n) is 9.24. The number of aromatic nitrogens is 3. The van der Waals surface area contributed by atoms with Crippen LogP contribution in [0.3, 0.4) is 0 Å². The highest BCUT2D eigenvalue weighted by Gasteiger charge is 2.14. The third kappa shape index (κ3) is 5.71. The van der Waals surface area contributed by atoms with Crippen molar-refractivity contribution in [2.24, 2.45) is 0 Å². The highest BCUT2D eigenvalue weighted by Crippen LogP contribution is 2.21. The lowest BCUT2D eigenvalue weighted by molar-refractivity contribution is -0.113. The molecule has 6 nitrogen and oxygen atoms in total. The van der Waals surface area contributed by atoms with Crippen LogP contribution in [0.15, 0.2) is 66.3 Å². The van der Waals surface area contributed by atoms with E-state index in [4.69, 9.17) is 4.74 Å². The molecule has 0 spiro atoms. The fraction of sp³-hybridized carbons (Fsp3) is 0.227. The molecule has 0 bridgehead atoms. The van der Waals surface area contributed by atoms with Gasteiger partial charge in [0.05, 0.1) is 12.9 Å². The summed E-state index contributed by atoms with van der Waals surface area (Å²) in [5.41, 5.74) is 3.00. The van der Waals surface area contributed by atoms with Gasteiger partial charge in [-0.15, -0.1) is 16.8 Å². The minimum absolute atomic E-state index is 0.0783. The molecule has 0 unspecified atom stereocenters. The number of ether oxygens (including phenoxy) is 1. The van der Waals surface area contributed by atoms with Gasteiger partial charge in [0.15, 0.2) is 5.16 Å². The largest absolute Gasteiger partial charge is 0.497 e. The van der Waals surface area contributed by atoms with Gasteiger partial charge in [-0.1, -0.05) is 42.1 Å². The van der Waals surface area contributed by atoms with E-state index in [1.807, 2.05) is 60.0 Å². The van der Waals surface area contributed by atoms with Crippen molar-refractivity contribution in [1.82, 2.24) is 14.8 Å². The Morgan fingerprint density at radius 1 is 1.24 bits per heavy atom. The SMILES string of the molecule is C=CCn1c(Cc2ccc(OC)cc2)nnc1SCC(=O)Nc1cccc(C)c1. The van der Waals surface area contributed by atoms with E-state index < -0.39 is 0 Å². The number of methoxy groups -OCH3 is 1. The average Bonchev–Trinajstić information content (AvgIpc) is 3.09. The standard InChI is InChI=1S/C22H24N4O2S/c1-4-12-26-20(14-17-8-10-19(28-3)11-9-17)24-25-22(26)29-15-21(27)23-18-7-5-6-16(2)13-18/h4-11,13H,1,12,14-15H2,2-3H3,(H,23,27). The van der Waals surface area contributed by atoms with E-state index in [1.165, 1.54) is 11.8 Å². The number of aryl methyl sites for hydroxylation is 1. The van der Waals surface area contributed by atoms with Crippen molar-refractivity contribution in [2.75, 3.05) is 18.2 Å². The third-order valence-electron chi connectivity index (χ3n) is 4.26. The molecule has 29 heavy (non-hydrogen) atoms. The Hall–Kier alpha value is -3.06. The lowest BCUT2D eigenvalue weighted by Gasteiger charge is -2.09. The van der Waals surface area contributed by atoms with E-state index in [-0.39, 0.29) is 11.7 Å². The van der Waals surface area contributed by atoms with Crippen LogP contribution in [-0.4, -0.2) is 33.5 Å². The summed E-state index contributed by atoms with van der Waals surface area (Å²) >= 11 is 1.37. The number of nitrogens with one attached hydrogen (secondary N) is 1. The Morgan fingerprint density at radius 3 is 2.72 bits per heavy atom. The van der Waals surface area contributed by atoms with Crippen molar-refractivity contribution in [1.29, 1.82) is 0 Å². The van der Waals surface area contributed by atoms with Crippen LogP contribution >= 0.6 is 11.8 Å². The van der Waals surface area contributed by atoms with Gasteiger partial charge in [0, 0.05) is 18.7 Å². The lowest BCUT2D eigenvalue weighted by atomic mass is 10.1.